The third kappa shape index (κ3) is 6.71. The van der Waals surface area contributed by atoms with E-state index >= 15 is 0 Å². The van der Waals surface area contributed by atoms with E-state index in [-0.39, 0.29) is 17.5 Å². The van der Waals surface area contributed by atoms with Crippen molar-refractivity contribution < 1.29 is 18.4 Å². The predicted octanol–water partition coefficient (Wildman–Crippen LogP) is 5.27. The number of nitrogens with zero attached hydrogens (tertiary/aromatic N) is 2. The molecule has 0 unspecified atom stereocenters. The number of nitrogens with one attached hydrogen (secondary N) is 2. The normalized spacial score (nSPS) is 12.1. The molecule has 1 aromatic heterocycles. The summed E-state index contributed by atoms with van der Waals surface area (Å²) in [5, 5.41) is 4.94. The molecule has 0 aliphatic rings. The molecular weight excluding hydrogens is 434 g/mol. The number of anilines is 3. The van der Waals surface area contributed by atoms with Crippen molar-refractivity contribution in [3.05, 3.63) is 59.1 Å². The van der Waals surface area contributed by atoms with Crippen LogP contribution in [0.25, 0.3) is 0 Å². The molecule has 0 aliphatic carbocycles. The molecule has 32 heavy (non-hydrogen) atoms. The van der Waals surface area contributed by atoms with Crippen molar-refractivity contribution >= 4 is 39.7 Å². The summed E-state index contributed by atoms with van der Waals surface area (Å²) in [6, 6.07) is 7.50. The summed E-state index contributed by atoms with van der Waals surface area (Å²) in [4.78, 5) is 31.0. The first-order valence-corrected chi connectivity index (χ1v) is 11.1. The number of carbonyl (C=O) groups is 2. The van der Waals surface area contributed by atoms with E-state index in [2.05, 4.69) is 27.4 Å². The first-order chi connectivity index (χ1) is 15.2. The number of rotatable bonds is 10. The second-order valence-corrected chi connectivity index (χ2v) is 8.21. The summed E-state index contributed by atoms with van der Waals surface area (Å²) in [5.74, 6) is -5.43. The predicted molar refractivity (Wildman–Crippen MR) is 127 cm³/mol. The molecule has 0 aliphatic heterocycles. The van der Waals surface area contributed by atoms with Gasteiger partial charge < -0.3 is 10.2 Å². The molecule has 2 amide bonds. The Kier molecular flexibility index (Phi) is 9.07. The molecule has 0 spiro atoms. The highest BCUT2D eigenvalue weighted by molar-refractivity contribution is 7.15. The fourth-order valence-corrected chi connectivity index (χ4v) is 3.75. The minimum Gasteiger partial charge on any atom is -0.375 e. The van der Waals surface area contributed by atoms with Gasteiger partial charge in [-0.05, 0) is 44.5 Å². The van der Waals surface area contributed by atoms with Crippen molar-refractivity contribution in [1.29, 1.82) is 0 Å². The number of aromatic nitrogens is 1. The average Bonchev–Trinajstić information content (AvgIpc) is 3.18. The zero-order valence-electron chi connectivity index (χ0n) is 18.6. The minimum atomic E-state index is -3.69. The monoisotopic (exact) mass is 462 g/mol. The van der Waals surface area contributed by atoms with Crippen LogP contribution in [0.3, 0.4) is 0 Å². The van der Waals surface area contributed by atoms with Crippen molar-refractivity contribution in [3.8, 4) is 0 Å². The smallest absolute Gasteiger partial charge is 0.349 e. The second-order valence-electron chi connectivity index (χ2n) is 7.10. The lowest BCUT2D eigenvalue weighted by atomic mass is 10.1. The van der Waals surface area contributed by atoms with Gasteiger partial charge in [-0.15, -0.1) is 11.3 Å². The highest BCUT2D eigenvalue weighted by atomic mass is 32.1. The summed E-state index contributed by atoms with van der Waals surface area (Å²) in [5.41, 5.74) is 1.31. The number of alkyl halides is 2. The fraction of sp³-hybridized carbons (Fsp3) is 0.348. The van der Waals surface area contributed by atoms with E-state index in [1.165, 1.54) is 31.3 Å². The zero-order chi connectivity index (χ0) is 23.7. The number of allylic oxidation sites excluding steroid dienone is 3. The lowest BCUT2D eigenvalue weighted by molar-refractivity contribution is -0.134. The van der Waals surface area contributed by atoms with Gasteiger partial charge in [0.25, 0.3) is 0 Å². The van der Waals surface area contributed by atoms with Gasteiger partial charge in [0, 0.05) is 41.6 Å². The Hall–Kier alpha value is -3.07. The topological polar surface area (TPSA) is 74.3 Å². The number of carbonyl (C=O) groups excluding carboxylic acids is 2. The van der Waals surface area contributed by atoms with Crippen molar-refractivity contribution in [1.82, 2.24) is 4.98 Å². The summed E-state index contributed by atoms with van der Waals surface area (Å²) < 4.78 is 28.6. The van der Waals surface area contributed by atoms with Crippen LogP contribution in [0.5, 0.6) is 0 Å². The molecule has 1 heterocycles. The highest BCUT2D eigenvalue weighted by Crippen LogP contribution is 2.28. The van der Waals surface area contributed by atoms with Crippen LogP contribution in [0.1, 0.15) is 32.1 Å². The molecule has 0 saturated heterocycles. The number of hydrogen-bond acceptors (Lipinski definition) is 5. The van der Waals surface area contributed by atoms with Crippen LogP contribution in [0.2, 0.25) is 0 Å². The summed E-state index contributed by atoms with van der Waals surface area (Å²) in [6.07, 6.45) is 6.25. The Labute approximate surface area is 191 Å². The highest BCUT2D eigenvalue weighted by Gasteiger charge is 2.41. The van der Waals surface area contributed by atoms with Crippen LogP contribution < -0.4 is 15.5 Å². The van der Waals surface area contributed by atoms with Gasteiger partial charge in [-0.25, -0.2) is 4.98 Å². The van der Waals surface area contributed by atoms with Gasteiger partial charge in [-0.2, -0.15) is 8.78 Å². The maximum atomic E-state index is 14.3. The van der Waals surface area contributed by atoms with E-state index in [0.717, 1.165) is 30.0 Å². The molecule has 0 radical (unpaired) electrons. The Balaban J connectivity index is 1.95. The Morgan fingerprint density at radius 1 is 1.19 bits per heavy atom. The Bertz CT molecular complexity index is 984. The molecule has 0 saturated carbocycles. The van der Waals surface area contributed by atoms with Gasteiger partial charge in [0.15, 0.2) is 5.13 Å². The van der Waals surface area contributed by atoms with E-state index in [9.17, 15) is 18.4 Å². The molecule has 0 fully saturated rings. The molecule has 9 heteroatoms. The molecule has 172 valence electrons. The maximum absolute atomic E-state index is 14.3. The van der Waals surface area contributed by atoms with E-state index in [1.54, 1.807) is 6.92 Å². The summed E-state index contributed by atoms with van der Waals surface area (Å²) >= 11 is 0.979. The average molecular weight is 463 g/mol. The van der Waals surface area contributed by atoms with Gasteiger partial charge >= 0.3 is 11.8 Å². The number of benzene rings is 1. The molecular formula is C23H28F2N4O2S. The summed E-state index contributed by atoms with van der Waals surface area (Å²) in [7, 11) is 2.01. The van der Waals surface area contributed by atoms with Crippen LogP contribution in [0.15, 0.2) is 54.3 Å². The van der Waals surface area contributed by atoms with Gasteiger partial charge in [0.1, 0.15) is 0 Å². The van der Waals surface area contributed by atoms with Crippen LogP contribution in [-0.4, -0.2) is 36.3 Å². The second kappa shape index (κ2) is 11.5. The Morgan fingerprint density at radius 3 is 2.47 bits per heavy atom. The molecule has 0 atom stereocenters. The first-order valence-electron chi connectivity index (χ1n) is 10.3. The van der Waals surface area contributed by atoms with Crippen molar-refractivity contribution in [2.45, 2.75) is 39.5 Å². The van der Waals surface area contributed by atoms with Crippen molar-refractivity contribution in [3.63, 3.8) is 0 Å². The molecule has 0 bridgehead atoms. The fourth-order valence-electron chi connectivity index (χ4n) is 2.94. The number of hydrogen-bond donors (Lipinski definition) is 2. The third-order valence-electron chi connectivity index (χ3n) is 4.56. The van der Waals surface area contributed by atoms with Crippen molar-refractivity contribution in [2.75, 3.05) is 29.1 Å². The van der Waals surface area contributed by atoms with Gasteiger partial charge in [0.05, 0.1) is 6.42 Å². The van der Waals surface area contributed by atoms with E-state index < -0.39 is 17.4 Å². The van der Waals surface area contributed by atoms with Gasteiger partial charge in [0.2, 0.25) is 5.91 Å². The van der Waals surface area contributed by atoms with E-state index in [0.29, 0.717) is 10.6 Å². The minimum absolute atomic E-state index is 0.0109. The zero-order valence-corrected chi connectivity index (χ0v) is 19.4. The Morgan fingerprint density at radius 2 is 1.88 bits per heavy atom. The van der Waals surface area contributed by atoms with Crippen LogP contribution in [0, 0.1) is 0 Å². The first kappa shape index (κ1) is 25.2. The van der Waals surface area contributed by atoms with Gasteiger partial charge in [-0.3, -0.25) is 14.9 Å². The summed E-state index contributed by atoms with van der Waals surface area (Å²) in [6.45, 7) is 6.08. The number of thiazole rings is 1. The third-order valence-corrected chi connectivity index (χ3v) is 5.48. The number of halogens is 2. The molecule has 2 aromatic rings. The molecule has 2 rings (SSSR count). The van der Waals surface area contributed by atoms with Crippen LogP contribution in [0.4, 0.5) is 25.3 Å². The largest absolute Gasteiger partial charge is 0.375 e. The maximum Gasteiger partial charge on any atom is 0.349 e. The van der Waals surface area contributed by atoms with Gasteiger partial charge in [-0.1, -0.05) is 25.2 Å². The standard InChI is InChI=1S/C23H28F2N4O2S/c1-5-8-16(7-3)23(24,25)21(31)28-22-26-15-19(32-22)14-20(30)27-17-9-11-18(12-10-17)29(4)13-6-2/h5,7-12,15H,6,13-14H2,1-4H3,(H,27,30)(H,26,28,31)/b8-5-,16-7+. The van der Waals surface area contributed by atoms with Crippen molar-refractivity contribution in [2.24, 2.45) is 0 Å². The van der Waals surface area contributed by atoms with E-state index in [4.69, 9.17) is 0 Å². The van der Waals surface area contributed by atoms with Crippen LogP contribution >= 0.6 is 11.3 Å². The van der Waals surface area contributed by atoms with Crippen LogP contribution in [-0.2, 0) is 16.0 Å². The SMILES string of the molecule is C/C=C\C(=C/C)C(F)(F)C(=O)Nc1ncc(CC(=O)Nc2ccc(N(C)CCC)cc2)s1. The lowest BCUT2D eigenvalue weighted by Gasteiger charge is -2.18. The molecule has 1 aromatic carbocycles. The lowest BCUT2D eigenvalue weighted by Crippen LogP contribution is -2.35. The van der Waals surface area contributed by atoms with E-state index in [1.807, 2.05) is 31.3 Å². The molecule has 6 nitrogen and oxygen atoms in total. The number of amides is 2. The quantitative estimate of drug-likeness (QED) is 0.472. The molecule has 2 N–H and O–H groups in total.